The third kappa shape index (κ3) is 5.34. The van der Waals surface area contributed by atoms with Crippen LogP contribution in [0.5, 0.6) is 5.75 Å². The zero-order chi connectivity index (χ0) is 21.1. The molecule has 0 aliphatic heterocycles. The van der Waals surface area contributed by atoms with Crippen molar-refractivity contribution >= 4 is 68.2 Å². The number of anilines is 1. The van der Waals surface area contributed by atoms with Gasteiger partial charge < -0.3 is 9.64 Å². The number of hydrogen-bond donors (Lipinski definition) is 0. The van der Waals surface area contributed by atoms with E-state index in [4.69, 9.17) is 27.9 Å². The fraction of sp³-hybridized carbons (Fsp3) is 0.300. The molecule has 2 aromatic carbocycles. The van der Waals surface area contributed by atoms with Crippen molar-refractivity contribution in [3.63, 3.8) is 0 Å². The number of amides is 1. The summed E-state index contributed by atoms with van der Waals surface area (Å²) in [5.74, 6) is -0.266. The summed E-state index contributed by atoms with van der Waals surface area (Å²) in [7, 11) is 5.48. The van der Waals surface area contributed by atoms with Gasteiger partial charge in [-0.15, -0.1) is 12.4 Å². The average molecular weight is 493 g/mol. The van der Waals surface area contributed by atoms with Crippen molar-refractivity contribution in [1.29, 1.82) is 0 Å². The van der Waals surface area contributed by atoms with Crippen molar-refractivity contribution in [1.82, 2.24) is 9.88 Å². The van der Waals surface area contributed by atoms with Gasteiger partial charge in [-0.2, -0.15) is 0 Å². The molecule has 1 amide bonds. The molecular formula is C20H21Cl3FN3O2S. The number of carbonyl (C=O) groups excluding carboxylic acids is 1. The Bertz CT molecular complexity index is 1050. The zero-order valence-electron chi connectivity index (χ0n) is 16.6. The molecule has 0 atom stereocenters. The van der Waals surface area contributed by atoms with E-state index in [0.717, 1.165) is 23.7 Å². The highest BCUT2D eigenvalue weighted by Gasteiger charge is 2.24. The van der Waals surface area contributed by atoms with Crippen LogP contribution in [0.25, 0.3) is 10.2 Å². The van der Waals surface area contributed by atoms with E-state index in [-0.39, 0.29) is 28.9 Å². The Morgan fingerprint density at radius 3 is 2.53 bits per heavy atom. The standard InChI is InChI=1S/C20H20Cl2FN3O2S.ClH/c1-25(2)9-4-10-26(19(27)13-6-5-12(23)11-15(13)22)20-24-17-16(28-3)8-7-14(21)18(17)29-20;/h5-8,11H,4,9-10H2,1-3H3;1H. The number of nitrogens with zero attached hydrogens (tertiary/aromatic N) is 3. The number of halogens is 4. The first kappa shape index (κ1) is 24.6. The van der Waals surface area contributed by atoms with E-state index in [1.807, 2.05) is 19.0 Å². The Morgan fingerprint density at radius 2 is 1.90 bits per heavy atom. The average Bonchev–Trinajstić information content (AvgIpc) is 3.11. The largest absolute Gasteiger partial charge is 0.494 e. The first-order chi connectivity index (χ1) is 13.8. The molecule has 3 aromatic rings. The summed E-state index contributed by atoms with van der Waals surface area (Å²) in [6, 6.07) is 7.21. The Hall–Kier alpha value is -1.64. The van der Waals surface area contributed by atoms with Gasteiger partial charge in [0.05, 0.1) is 27.4 Å². The highest BCUT2D eigenvalue weighted by molar-refractivity contribution is 7.23. The first-order valence-corrected chi connectivity index (χ1v) is 10.4. The molecule has 10 heteroatoms. The molecule has 0 spiro atoms. The van der Waals surface area contributed by atoms with Gasteiger partial charge in [-0.05, 0) is 57.4 Å². The third-order valence-corrected chi connectivity index (χ3v) is 6.14. The van der Waals surface area contributed by atoms with Crippen LogP contribution >= 0.6 is 46.9 Å². The quantitative estimate of drug-likeness (QED) is 0.420. The molecule has 0 aliphatic rings. The fourth-order valence-corrected chi connectivity index (χ4v) is 4.39. The van der Waals surface area contributed by atoms with Gasteiger partial charge in [-0.3, -0.25) is 9.69 Å². The van der Waals surface area contributed by atoms with E-state index < -0.39 is 5.82 Å². The SMILES string of the molecule is COc1ccc(Cl)c2sc(N(CCCN(C)C)C(=O)c3ccc(F)cc3Cl)nc12.Cl. The number of ether oxygens (including phenoxy) is 1. The van der Waals surface area contributed by atoms with Crippen LogP contribution < -0.4 is 9.64 Å². The third-order valence-electron chi connectivity index (χ3n) is 4.29. The van der Waals surface area contributed by atoms with Crippen LogP contribution in [0.15, 0.2) is 30.3 Å². The fourth-order valence-electron chi connectivity index (χ4n) is 2.86. The number of benzene rings is 2. The maximum atomic E-state index is 13.4. The van der Waals surface area contributed by atoms with Crippen LogP contribution in [0, 0.1) is 5.82 Å². The van der Waals surface area contributed by atoms with E-state index >= 15 is 0 Å². The Balaban J connectivity index is 0.00000320. The monoisotopic (exact) mass is 491 g/mol. The number of rotatable bonds is 7. The minimum atomic E-state index is -0.498. The number of hydrogen-bond acceptors (Lipinski definition) is 5. The van der Waals surface area contributed by atoms with Crippen molar-refractivity contribution < 1.29 is 13.9 Å². The lowest BCUT2D eigenvalue weighted by atomic mass is 10.2. The van der Waals surface area contributed by atoms with Crippen LogP contribution in [0.1, 0.15) is 16.8 Å². The van der Waals surface area contributed by atoms with E-state index in [9.17, 15) is 9.18 Å². The lowest BCUT2D eigenvalue weighted by molar-refractivity contribution is 0.0986. The summed E-state index contributed by atoms with van der Waals surface area (Å²) in [6.07, 6.45) is 0.721. The van der Waals surface area contributed by atoms with Crippen molar-refractivity contribution in [2.24, 2.45) is 0 Å². The maximum absolute atomic E-state index is 13.4. The Kier molecular flexibility index (Phi) is 8.70. The molecule has 0 N–H and O–H groups in total. The molecule has 0 bridgehead atoms. The Morgan fingerprint density at radius 1 is 1.17 bits per heavy atom. The number of thiazole rings is 1. The second-order valence-corrected chi connectivity index (χ2v) is 8.45. The second kappa shape index (κ2) is 10.6. The number of fused-ring (bicyclic) bond motifs is 1. The van der Waals surface area contributed by atoms with Gasteiger partial charge in [0.25, 0.3) is 5.91 Å². The predicted molar refractivity (Wildman–Crippen MR) is 125 cm³/mol. The number of carbonyl (C=O) groups is 1. The van der Waals surface area contributed by atoms with Gasteiger partial charge in [0.2, 0.25) is 0 Å². The molecule has 0 saturated carbocycles. The molecule has 0 fully saturated rings. The molecule has 3 rings (SSSR count). The lowest BCUT2D eigenvalue weighted by Gasteiger charge is -2.21. The topological polar surface area (TPSA) is 45.7 Å². The zero-order valence-corrected chi connectivity index (χ0v) is 19.8. The van der Waals surface area contributed by atoms with Crippen molar-refractivity contribution in [2.75, 3.05) is 39.2 Å². The molecule has 1 heterocycles. The van der Waals surface area contributed by atoms with Gasteiger partial charge in [0.1, 0.15) is 17.1 Å². The van der Waals surface area contributed by atoms with Gasteiger partial charge in [-0.1, -0.05) is 34.5 Å². The molecule has 0 unspecified atom stereocenters. The van der Waals surface area contributed by atoms with Crippen molar-refractivity contribution in [2.45, 2.75) is 6.42 Å². The molecule has 0 saturated heterocycles. The minimum Gasteiger partial charge on any atom is -0.494 e. The van der Waals surface area contributed by atoms with Crippen LogP contribution in [0.3, 0.4) is 0 Å². The van der Waals surface area contributed by atoms with Crippen LogP contribution in [0.4, 0.5) is 9.52 Å². The number of aromatic nitrogens is 1. The lowest BCUT2D eigenvalue weighted by Crippen LogP contribution is -2.33. The van der Waals surface area contributed by atoms with E-state index in [1.165, 1.54) is 23.5 Å². The molecule has 30 heavy (non-hydrogen) atoms. The summed E-state index contributed by atoms with van der Waals surface area (Å²) in [5.41, 5.74) is 0.811. The second-order valence-electron chi connectivity index (χ2n) is 6.66. The van der Waals surface area contributed by atoms with Gasteiger partial charge in [0.15, 0.2) is 5.13 Å². The van der Waals surface area contributed by atoms with E-state index in [1.54, 1.807) is 24.1 Å². The summed E-state index contributed by atoms with van der Waals surface area (Å²) >= 11 is 13.8. The number of methoxy groups -OCH3 is 1. The molecule has 0 radical (unpaired) electrons. The molecule has 162 valence electrons. The normalized spacial score (nSPS) is 10.9. The molecule has 1 aromatic heterocycles. The summed E-state index contributed by atoms with van der Waals surface area (Å²) in [6.45, 7) is 1.21. The summed E-state index contributed by atoms with van der Waals surface area (Å²) in [4.78, 5) is 21.5. The molecular weight excluding hydrogens is 472 g/mol. The molecule has 0 aliphatic carbocycles. The van der Waals surface area contributed by atoms with Gasteiger partial charge in [0, 0.05) is 6.54 Å². The smallest absolute Gasteiger partial charge is 0.261 e. The highest BCUT2D eigenvalue weighted by Crippen LogP contribution is 2.39. The predicted octanol–water partition coefficient (Wildman–Crippen LogP) is 5.77. The van der Waals surface area contributed by atoms with Crippen molar-refractivity contribution in [3.05, 3.63) is 51.8 Å². The Labute approximate surface area is 194 Å². The minimum absolute atomic E-state index is 0. The first-order valence-electron chi connectivity index (χ1n) is 8.86. The van der Waals surface area contributed by atoms with Crippen LogP contribution in [-0.2, 0) is 0 Å². The van der Waals surface area contributed by atoms with Crippen LogP contribution in [-0.4, -0.2) is 50.1 Å². The van der Waals surface area contributed by atoms with E-state index in [0.29, 0.717) is 28.0 Å². The van der Waals surface area contributed by atoms with Crippen LogP contribution in [0.2, 0.25) is 10.0 Å². The van der Waals surface area contributed by atoms with Gasteiger partial charge >= 0.3 is 0 Å². The summed E-state index contributed by atoms with van der Waals surface area (Å²) in [5, 5.41) is 1.07. The maximum Gasteiger partial charge on any atom is 0.261 e. The van der Waals surface area contributed by atoms with Gasteiger partial charge in [-0.25, -0.2) is 9.37 Å². The van der Waals surface area contributed by atoms with E-state index in [2.05, 4.69) is 4.98 Å². The highest BCUT2D eigenvalue weighted by atomic mass is 35.5. The molecule has 5 nitrogen and oxygen atoms in total. The van der Waals surface area contributed by atoms with Crippen molar-refractivity contribution in [3.8, 4) is 5.75 Å². The summed E-state index contributed by atoms with van der Waals surface area (Å²) < 4.78 is 19.6.